The highest BCUT2D eigenvalue weighted by Crippen LogP contribution is 2.45. The Bertz CT molecular complexity index is 1130. The van der Waals surface area contributed by atoms with Gasteiger partial charge >= 0.3 is 6.18 Å². The molecule has 1 saturated carbocycles. The second kappa shape index (κ2) is 8.21. The summed E-state index contributed by atoms with van der Waals surface area (Å²) in [6.07, 6.45) is 0.457. The minimum Gasteiger partial charge on any atom is -0.435 e. The van der Waals surface area contributed by atoms with Crippen molar-refractivity contribution in [1.29, 1.82) is 0 Å². The highest BCUT2D eigenvalue weighted by Gasteiger charge is 2.36. The number of alkyl halides is 3. The number of nitrogens with zero attached hydrogens (tertiary/aromatic N) is 5. The van der Waals surface area contributed by atoms with Crippen molar-refractivity contribution < 1.29 is 22.3 Å². The quantitative estimate of drug-likeness (QED) is 0.561. The van der Waals surface area contributed by atoms with Crippen LogP contribution in [0.15, 0.2) is 30.6 Å². The topological polar surface area (TPSA) is 90.0 Å². The Hall–Kier alpha value is -3.50. The van der Waals surface area contributed by atoms with Crippen molar-refractivity contribution in [2.45, 2.75) is 31.4 Å². The van der Waals surface area contributed by atoms with E-state index in [-0.39, 0.29) is 34.6 Å². The number of anilines is 2. The summed E-state index contributed by atoms with van der Waals surface area (Å²) in [7, 11) is 3.07. The van der Waals surface area contributed by atoms with Gasteiger partial charge in [-0.15, -0.1) is 0 Å². The van der Waals surface area contributed by atoms with E-state index in [1.165, 1.54) is 37.5 Å². The van der Waals surface area contributed by atoms with Crippen LogP contribution >= 0.6 is 0 Å². The van der Waals surface area contributed by atoms with Gasteiger partial charge in [-0.1, -0.05) is 12.5 Å². The summed E-state index contributed by atoms with van der Waals surface area (Å²) in [5.41, 5.74) is 6.43. The van der Waals surface area contributed by atoms with E-state index in [4.69, 9.17) is 10.5 Å². The molecule has 1 fully saturated rings. The molecule has 1 aliphatic carbocycles. The van der Waals surface area contributed by atoms with E-state index in [0.717, 1.165) is 19.3 Å². The van der Waals surface area contributed by atoms with Gasteiger partial charge < -0.3 is 15.4 Å². The molecule has 0 amide bonds. The molecule has 2 N–H and O–H groups in total. The van der Waals surface area contributed by atoms with E-state index in [2.05, 4.69) is 19.9 Å². The average molecular weight is 448 g/mol. The molecule has 11 heteroatoms. The fraction of sp³-hybridized carbons (Fsp3) is 0.333. The normalized spacial score (nSPS) is 14.2. The van der Waals surface area contributed by atoms with E-state index in [9.17, 15) is 13.2 Å². The van der Waals surface area contributed by atoms with Crippen LogP contribution in [0.25, 0.3) is 11.3 Å². The zero-order valence-electron chi connectivity index (χ0n) is 17.3. The van der Waals surface area contributed by atoms with Crippen LogP contribution in [-0.2, 0) is 6.18 Å². The number of halogens is 4. The molecule has 7 nitrogen and oxygen atoms in total. The van der Waals surface area contributed by atoms with Crippen molar-refractivity contribution in [1.82, 2.24) is 19.9 Å². The second-order valence-corrected chi connectivity index (χ2v) is 7.68. The molecule has 0 aliphatic heterocycles. The first-order valence-electron chi connectivity index (χ1n) is 9.85. The number of ether oxygens (including phenoxy) is 1. The van der Waals surface area contributed by atoms with E-state index < -0.39 is 23.7 Å². The highest BCUT2D eigenvalue weighted by molar-refractivity contribution is 5.64. The van der Waals surface area contributed by atoms with Gasteiger partial charge in [0.25, 0.3) is 0 Å². The molecule has 2 heterocycles. The molecular formula is C21H20F4N6O. The molecule has 1 aliphatic rings. The highest BCUT2D eigenvalue weighted by atomic mass is 19.4. The number of hydrogen-bond acceptors (Lipinski definition) is 7. The Balaban J connectivity index is 1.82. The molecule has 3 aromatic rings. The Kier molecular flexibility index (Phi) is 5.57. The summed E-state index contributed by atoms with van der Waals surface area (Å²) < 4.78 is 61.3. The lowest BCUT2D eigenvalue weighted by atomic mass is 9.79. The van der Waals surface area contributed by atoms with Crippen LogP contribution in [0, 0.1) is 5.82 Å². The van der Waals surface area contributed by atoms with Gasteiger partial charge in [0.05, 0.1) is 18.1 Å². The molecule has 0 bridgehead atoms. The van der Waals surface area contributed by atoms with Gasteiger partial charge in [-0.25, -0.2) is 14.4 Å². The SMILES string of the molecule is CN(C)c1cc(Oc2c(C3CCC3)ccc(-c3cnc(N)cn3)c2F)nc(C(F)(F)F)n1. The van der Waals surface area contributed by atoms with Crippen molar-refractivity contribution in [3.8, 4) is 22.9 Å². The number of hydrogen-bond donors (Lipinski definition) is 1. The summed E-state index contributed by atoms with van der Waals surface area (Å²) in [4.78, 5) is 16.4. The molecule has 0 atom stereocenters. The number of benzene rings is 1. The Morgan fingerprint density at radius 1 is 1.09 bits per heavy atom. The van der Waals surface area contributed by atoms with Crippen LogP contribution in [0.2, 0.25) is 0 Å². The fourth-order valence-electron chi connectivity index (χ4n) is 3.32. The van der Waals surface area contributed by atoms with E-state index >= 15 is 4.39 Å². The predicted molar refractivity (Wildman–Crippen MR) is 110 cm³/mol. The van der Waals surface area contributed by atoms with Crippen LogP contribution < -0.4 is 15.4 Å². The first-order valence-corrected chi connectivity index (χ1v) is 9.85. The van der Waals surface area contributed by atoms with Crippen molar-refractivity contribution in [2.75, 3.05) is 24.7 Å². The van der Waals surface area contributed by atoms with Gasteiger partial charge in [-0.2, -0.15) is 18.2 Å². The van der Waals surface area contributed by atoms with E-state index in [1.807, 2.05) is 0 Å². The van der Waals surface area contributed by atoms with Crippen LogP contribution in [0.5, 0.6) is 11.6 Å². The largest absolute Gasteiger partial charge is 0.451 e. The molecule has 0 radical (unpaired) electrons. The van der Waals surface area contributed by atoms with Crippen molar-refractivity contribution >= 4 is 11.6 Å². The second-order valence-electron chi connectivity index (χ2n) is 7.68. The standard InChI is InChI=1S/C21H20F4N6O/c1-31(2)16-8-17(30-20(29-16)21(23,24)25)32-19-12(11-4-3-5-11)6-7-13(18(19)22)14-9-28-15(26)10-27-14/h6-11H,3-5H2,1-2H3,(H2,26,28). The first kappa shape index (κ1) is 21.7. The third-order valence-corrected chi connectivity index (χ3v) is 5.23. The summed E-state index contributed by atoms with van der Waals surface area (Å²) in [5.74, 6) is -2.51. The third-order valence-electron chi connectivity index (χ3n) is 5.23. The number of aromatic nitrogens is 4. The Morgan fingerprint density at radius 2 is 1.84 bits per heavy atom. The lowest BCUT2D eigenvalue weighted by molar-refractivity contribution is -0.145. The van der Waals surface area contributed by atoms with Gasteiger partial charge in [0, 0.05) is 31.3 Å². The number of rotatable bonds is 5. The number of nitrogen functional groups attached to an aromatic ring is 1. The summed E-state index contributed by atoms with van der Waals surface area (Å²) >= 11 is 0. The summed E-state index contributed by atoms with van der Waals surface area (Å²) in [6.45, 7) is 0. The zero-order valence-corrected chi connectivity index (χ0v) is 17.3. The van der Waals surface area contributed by atoms with Crippen LogP contribution in [-0.4, -0.2) is 34.0 Å². The molecule has 1 aromatic carbocycles. The molecular weight excluding hydrogens is 428 g/mol. The van der Waals surface area contributed by atoms with Crippen molar-refractivity contribution in [3.63, 3.8) is 0 Å². The predicted octanol–water partition coefficient (Wildman–Crippen LogP) is 4.80. The molecule has 0 spiro atoms. The molecule has 2 aromatic heterocycles. The lowest BCUT2D eigenvalue weighted by Crippen LogP contribution is -2.17. The molecule has 0 unspecified atom stereocenters. The summed E-state index contributed by atoms with van der Waals surface area (Å²) in [6, 6.07) is 4.49. The van der Waals surface area contributed by atoms with Gasteiger partial charge in [-0.05, 0) is 24.8 Å². The van der Waals surface area contributed by atoms with Crippen molar-refractivity contribution in [3.05, 3.63) is 47.8 Å². The maximum Gasteiger partial charge on any atom is 0.451 e. The minimum atomic E-state index is -4.79. The third kappa shape index (κ3) is 4.27. The van der Waals surface area contributed by atoms with E-state index in [0.29, 0.717) is 5.56 Å². The maximum atomic E-state index is 15.6. The maximum absolute atomic E-state index is 15.6. The lowest BCUT2D eigenvalue weighted by Gasteiger charge is -2.28. The van der Waals surface area contributed by atoms with Gasteiger partial charge in [0.2, 0.25) is 11.7 Å². The van der Waals surface area contributed by atoms with Gasteiger partial charge in [0.15, 0.2) is 11.6 Å². The molecule has 168 valence electrons. The average Bonchev–Trinajstić information content (AvgIpc) is 2.69. The van der Waals surface area contributed by atoms with E-state index in [1.54, 1.807) is 12.1 Å². The Morgan fingerprint density at radius 3 is 2.41 bits per heavy atom. The fourth-order valence-corrected chi connectivity index (χ4v) is 3.32. The first-order chi connectivity index (χ1) is 15.1. The van der Waals surface area contributed by atoms with Crippen LogP contribution in [0.3, 0.4) is 0 Å². The summed E-state index contributed by atoms with van der Waals surface area (Å²) in [5, 5.41) is 0. The number of nitrogens with two attached hydrogens (primary N) is 1. The van der Waals surface area contributed by atoms with Crippen molar-refractivity contribution in [2.24, 2.45) is 0 Å². The smallest absolute Gasteiger partial charge is 0.435 e. The minimum absolute atomic E-state index is 0.0199. The molecule has 4 rings (SSSR count). The monoisotopic (exact) mass is 448 g/mol. The zero-order chi connectivity index (χ0) is 23.0. The van der Waals surface area contributed by atoms with Gasteiger partial charge in [-0.3, -0.25) is 4.98 Å². The van der Waals surface area contributed by atoms with Gasteiger partial charge in [0.1, 0.15) is 11.6 Å². The molecule has 0 saturated heterocycles. The van der Waals surface area contributed by atoms with Crippen LogP contribution in [0.4, 0.5) is 29.2 Å². The Labute approximate surface area is 181 Å². The molecule has 32 heavy (non-hydrogen) atoms. The van der Waals surface area contributed by atoms with Crippen LogP contribution in [0.1, 0.15) is 36.6 Å².